The Morgan fingerprint density at radius 2 is 1.79 bits per heavy atom. The minimum absolute atomic E-state index is 0.409. The molecule has 2 rings (SSSR count). The van der Waals surface area contributed by atoms with Gasteiger partial charge in [-0.15, -0.1) is 0 Å². The highest BCUT2D eigenvalue weighted by Gasteiger charge is 2.13. The second kappa shape index (κ2) is 6.88. The van der Waals surface area contributed by atoms with Crippen LogP contribution < -0.4 is 5.32 Å². The van der Waals surface area contributed by atoms with Gasteiger partial charge in [0.05, 0.1) is 6.10 Å². The van der Waals surface area contributed by atoms with Crippen LogP contribution in [0.15, 0.2) is 36.4 Å². The zero-order valence-corrected chi connectivity index (χ0v) is 12.0. The standard InChI is InChI=1S/C17H25NO/c1-13(2)11-14-7-9-15(10-8-14)17(19)12-18-16-5-3-4-6-16/h3-4,7-10,13,16-19H,5-6,11-12H2,1-2H3. The topological polar surface area (TPSA) is 32.3 Å². The molecular weight excluding hydrogens is 234 g/mol. The first-order valence-electron chi connectivity index (χ1n) is 7.30. The summed E-state index contributed by atoms with van der Waals surface area (Å²) < 4.78 is 0. The molecule has 0 saturated heterocycles. The van der Waals surface area contributed by atoms with Crippen molar-refractivity contribution in [2.45, 2.75) is 45.3 Å². The van der Waals surface area contributed by atoms with E-state index in [-0.39, 0.29) is 0 Å². The Bertz CT molecular complexity index is 400. The molecule has 1 aliphatic carbocycles. The minimum atomic E-state index is -0.409. The number of nitrogens with one attached hydrogen (secondary N) is 1. The molecule has 2 N–H and O–H groups in total. The number of hydrogen-bond donors (Lipinski definition) is 2. The summed E-state index contributed by atoms with van der Waals surface area (Å²) in [4.78, 5) is 0. The highest BCUT2D eigenvalue weighted by Crippen LogP contribution is 2.16. The Morgan fingerprint density at radius 1 is 1.16 bits per heavy atom. The van der Waals surface area contributed by atoms with Crippen LogP contribution in [-0.2, 0) is 6.42 Å². The van der Waals surface area contributed by atoms with Gasteiger partial charge in [-0.1, -0.05) is 50.3 Å². The van der Waals surface area contributed by atoms with E-state index in [0.717, 1.165) is 24.8 Å². The van der Waals surface area contributed by atoms with Gasteiger partial charge >= 0.3 is 0 Å². The van der Waals surface area contributed by atoms with Gasteiger partial charge in [-0.25, -0.2) is 0 Å². The summed E-state index contributed by atoms with van der Waals surface area (Å²) in [6.45, 7) is 5.08. The number of aliphatic hydroxyl groups excluding tert-OH is 1. The fraction of sp³-hybridized carbons (Fsp3) is 0.529. The lowest BCUT2D eigenvalue weighted by atomic mass is 10.00. The second-order valence-corrected chi connectivity index (χ2v) is 5.90. The summed E-state index contributed by atoms with van der Waals surface area (Å²) in [5, 5.41) is 13.6. The molecule has 0 spiro atoms. The number of rotatable bonds is 6. The SMILES string of the molecule is CC(C)Cc1ccc(C(O)CNC2CC=CC2)cc1. The fourth-order valence-corrected chi connectivity index (χ4v) is 2.53. The van der Waals surface area contributed by atoms with E-state index in [1.165, 1.54) is 5.56 Å². The van der Waals surface area contributed by atoms with Crippen molar-refractivity contribution in [2.24, 2.45) is 5.92 Å². The van der Waals surface area contributed by atoms with Gasteiger partial charge in [-0.2, -0.15) is 0 Å². The van der Waals surface area contributed by atoms with Crippen molar-refractivity contribution in [3.63, 3.8) is 0 Å². The van der Waals surface area contributed by atoms with E-state index in [0.29, 0.717) is 18.5 Å². The first-order chi connectivity index (χ1) is 9.15. The lowest BCUT2D eigenvalue weighted by Crippen LogP contribution is -2.30. The Labute approximate surface area is 116 Å². The molecule has 1 atom stereocenters. The average molecular weight is 259 g/mol. The quantitative estimate of drug-likeness (QED) is 0.769. The van der Waals surface area contributed by atoms with E-state index < -0.39 is 6.10 Å². The number of hydrogen-bond acceptors (Lipinski definition) is 2. The molecule has 0 radical (unpaired) electrons. The summed E-state index contributed by atoms with van der Waals surface area (Å²) >= 11 is 0. The molecule has 1 aromatic carbocycles. The summed E-state index contributed by atoms with van der Waals surface area (Å²) in [5.41, 5.74) is 2.35. The Hall–Kier alpha value is -1.12. The first kappa shape index (κ1) is 14.3. The largest absolute Gasteiger partial charge is 0.387 e. The molecule has 2 heteroatoms. The van der Waals surface area contributed by atoms with Crippen LogP contribution >= 0.6 is 0 Å². The highest BCUT2D eigenvalue weighted by atomic mass is 16.3. The minimum Gasteiger partial charge on any atom is -0.387 e. The number of aliphatic hydroxyl groups is 1. The van der Waals surface area contributed by atoms with Gasteiger partial charge < -0.3 is 10.4 Å². The van der Waals surface area contributed by atoms with Gasteiger partial charge in [0.15, 0.2) is 0 Å². The van der Waals surface area contributed by atoms with Gasteiger partial charge in [0.2, 0.25) is 0 Å². The molecular formula is C17H25NO. The molecule has 104 valence electrons. The predicted molar refractivity (Wildman–Crippen MR) is 80.1 cm³/mol. The molecule has 0 aliphatic heterocycles. The van der Waals surface area contributed by atoms with Crippen molar-refractivity contribution >= 4 is 0 Å². The van der Waals surface area contributed by atoms with Gasteiger partial charge in [0.1, 0.15) is 0 Å². The normalized spacial score (nSPS) is 17.3. The van der Waals surface area contributed by atoms with E-state index in [1.54, 1.807) is 0 Å². The van der Waals surface area contributed by atoms with E-state index >= 15 is 0 Å². The first-order valence-corrected chi connectivity index (χ1v) is 7.30. The van der Waals surface area contributed by atoms with E-state index in [1.807, 2.05) is 0 Å². The Balaban J connectivity index is 1.82. The van der Waals surface area contributed by atoms with Crippen molar-refractivity contribution in [1.82, 2.24) is 5.32 Å². The Kier molecular flexibility index (Phi) is 5.17. The summed E-state index contributed by atoms with van der Waals surface area (Å²) in [6, 6.07) is 8.88. The molecule has 1 unspecified atom stereocenters. The third-order valence-corrected chi connectivity index (χ3v) is 3.62. The van der Waals surface area contributed by atoms with Crippen LogP contribution in [0.1, 0.15) is 43.9 Å². The zero-order chi connectivity index (χ0) is 13.7. The van der Waals surface area contributed by atoms with Crippen LogP contribution in [0.25, 0.3) is 0 Å². The van der Waals surface area contributed by atoms with Crippen LogP contribution in [0.3, 0.4) is 0 Å². The van der Waals surface area contributed by atoms with E-state index in [4.69, 9.17) is 0 Å². The number of benzene rings is 1. The van der Waals surface area contributed by atoms with Gasteiger partial charge in [-0.3, -0.25) is 0 Å². The van der Waals surface area contributed by atoms with Crippen molar-refractivity contribution < 1.29 is 5.11 Å². The average Bonchev–Trinajstić information content (AvgIpc) is 2.89. The molecule has 0 aromatic heterocycles. The van der Waals surface area contributed by atoms with Crippen molar-refractivity contribution in [3.8, 4) is 0 Å². The third kappa shape index (κ3) is 4.48. The second-order valence-electron chi connectivity index (χ2n) is 5.90. The molecule has 1 aliphatic rings. The third-order valence-electron chi connectivity index (χ3n) is 3.62. The van der Waals surface area contributed by atoms with Crippen molar-refractivity contribution in [1.29, 1.82) is 0 Å². The maximum atomic E-state index is 10.2. The predicted octanol–water partition coefficient (Wildman–Crippen LogP) is 3.23. The molecule has 0 saturated carbocycles. The lowest BCUT2D eigenvalue weighted by Gasteiger charge is -2.17. The smallest absolute Gasteiger partial charge is 0.0914 e. The maximum Gasteiger partial charge on any atom is 0.0914 e. The monoisotopic (exact) mass is 259 g/mol. The molecule has 19 heavy (non-hydrogen) atoms. The van der Waals surface area contributed by atoms with Gasteiger partial charge in [0, 0.05) is 12.6 Å². The van der Waals surface area contributed by atoms with Crippen LogP contribution in [-0.4, -0.2) is 17.7 Å². The fourth-order valence-electron chi connectivity index (χ4n) is 2.53. The van der Waals surface area contributed by atoms with Crippen molar-refractivity contribution in [2.75, 3.05) is 6.54 Å². The van der Waals surface area contributed by atoms with Crippen LogP contribution in [0, 0.1) is 5.92 Å². The van der Waals surface area contributed by atoms with E-state index in [9.17, 15) is 5.11 Å². The molecule has 0 bridgehead atoms. The van der Waals surface area contributed by atoms with Gasteiger partial charge in [-0.05, 0) is 36.3 Å². The highest BCUT2D eigenvalue weighted by molar-refractivity contribution is 5.24. The molecule has 2 nitrogen and oxygen atoms in total. The molecule has 1 aromatic rings. The molecule has 0 amide bonds. The summed E-state index contributed by atoms with van der Waals surface area (Å²) in [5.74, 6) is 0.673. The summed E-state index contributed by atoms with van der Waals surface area (Å²) in [6.07, 6.45) is 7.26. The lowest BCUT2D eigenvalue weighted by molar-refractivity contribution is 0.170. The molecule has 0 fully saturated rings. The van der Waals surface area contributed by atoms with Crippen LogP contribution in [0.2, 0.25) is 0 Å². The van der Waals surface area contributed by atoms with Gasteiger partial charge in [0.25, 0.3) is 0 Å². The van der Waals surface area contributed by atoms with Crippen LogP contribution in [0.4, 0.5) is 0 Å². The van der Waals surface area contributed by atoms with E-state index in [2.05, 4.69) is 55.6 Å². The zero-order valence-electron chi connectivity index (χ0n) is 12.0. The maximum absolute atomic E-state index is 10.2. The van der Waals surface area contributed by atoms with Crippen LogP contribution in [0.5, 0.6) is 0 Å². The Morgan fingerprint density at radius 3 is 2.37 bits per heavy atom. The molecule has 0 heterocycles. The summed E-state index contributed by atoms with van der Waals surface area (Å²) in [7, 11) is 0. The van der Waals surface area contributed by atoms with Crippen molar-refractivity contribution in [3.05, 3.63) is 47.5 Å².